The van der Waals surface area contributed by atoms with Gasteiger partial charge in [0.25, 0.3) is 0 Å². The molecule has 0 spiro atoms. The summed E-state index contributed by atoms with van der Waals surface area (Å²) in [6.45, 7) is 1.97. The number of Topliss-reactive ketones (excluding diaryl/α,β-unsaturated/α-hetero) is 1. The van der Waals surface area contributed by atoms with Gasteiger partial charge in [0.15, 0.2) is 5.78 Å². The van der Waals surface area contributed by atoms with E-state index in [1.54, 1.807) is 6.07 Å². The van der Waals surface area contributed by atoms with Gasteiger partial charge >= 0.3 is 0 Å². The highest BCUT2D eigenvalue weighted by molar-refractivity contribution is 5.99. The van der Waals surface area contributed by atoms with Crippen molar-refractivity contribution < 1.29 is 9.53 Å². The lowest BCUT2D eigenvalue weighted by molar-refractivity contribution is 0.0847. The number of carbonyl (C=O) groups is 1. The summed E-state index contributed by atoms with van der Waals surface area (Å²) >= 11 is 0. The summed E-state index contributed by atoms with van der Waals surface area (Å²) in [6.07, 6.45) is 0. The molecule has 0 aliphatic carbocycles. The van der Waals surface area contributed by atoms with E-state index in [-0.39, 0.29) is 12.4 Å². The van der Waals surface area contributed by atoms with E-state index >= 15 is 0 Å². The summed E-state index contributed by atoms with van der Waals surface area (Å²) < 4.78 is 4.79. The number of rotatable bonds is 4. The molecule has 14 heavy (non-hydrogen) atoms. The second-order valence-electron chi connectivity index (χ2n) is 3.03. The summed E-state index contributed by atoms with van der Waals surface area (Å²) in [6, 6.07) is 5.38. The van der Waals surface area contributed by atoms with Crippen LogP contribution >= 0.6 is 0 Å². The zero-order chi connectivity index (χ0) is 10.6. The molecule has 0 aliphatic heterocycles. The molecule has 0 aromatic heterocycles. The fraction of sp³-hybridized carbons (Fsp3) is 0.300. The molecule has 0 aliphatic rings. The predicted octanol–water partition coefficient (Wildman–Crippen LogP) is 1.11. The zero-order valence-electron chi connectivity index (χ0n) is 8.33. The average molecular weight is 194 g/mol. The molecule has 3 N–H and O–H groups in total. The Morgan fingerprint density at radius 2 is 2.29 bits per heavy atom. The van der Waals surface area contributed by atoms with Crippen LogP contribution in [0.4, 0.5) is 5.69 Å². The Hall–Kier alpha value is -1.39. The highest BCUT2D eigenvalue weighted by atomic mass is 16.5. The van der Waals surface area contributed by atoms with Crippen LogP contribution in [0.1, 0.15) is 15.9 Å². The van der Waals surface area contributed by atoms with Gasteiger partial charge in [-0.05, 0) is 24.6 Å². The van der Waals surface area contributed by atoms with E-state index in [1.807, 2.05) is 19.1 Å². The maximum atomic E-state index is 11.5. The van der Waals surface area contributed by atoms with Crippen molar-refractivity contribution >= 4 is 11.5 Å². The van der Waals surface area contributed by atoms with E-state index in [0.29, 0.717) is 5.56 Å². The normalized spacial score (nSPS) is 9.93. The molecule has 1 rings (SSSR count). The van der Waals surface area contributed by atoms with Crippen molar-refractivity contribution in [2.45, 2.75) is 6.92 Å². The predicted molar refractivity (Wildman–Crippen MR) is 55.2 cm³/mol. The van der Waals surface area contributed by atoms with Gasteiger partial charge in [-0.15, -0.1) is 0 Å². The number of nitrogens with one attached hydrogen (secondary N) is 1. The molecule has 0 bridgehead atoms. The first-order chi connectivity index (χ1) is 6.69. The molecule has 0 saturated carbocycles. The maximum Gasteiger partial charge on any atom is 0.188 e. The number of benzene rings is 1. The molecule has 0 saturated heterocycles. The Morgan fingerprint density at radius 1 is 1.57 bits per heavy atom. The number of anilines is 1. The number of ketones is 1. The number of aryl methyl sites for hydroxylation is 1. The molecular weight excluding hydrogens is 180 g/mol. The average Bonchev–Trinajstić information content (AvgIpc) is 2.19. The molecule has 1 aromatic rings. The van der Waals surface area contributed by atoms with E-state index in [4.69, 9.17) is 10.6 Å². The zero-order valence-corrected chi connectivity index (χ0v) is 8.33. The fourth-order valence-corrected chi connectivity index (χ4v) is 1.22. The SMILES string of the molecule is COCC(=O)c1cc(NN)ccc1C. The number of hydrogen-bond acceptors (Lipinski definition) is 4. The molecule has 0 unspecified atom stereocenters. The van der Waals surface area contributed by atoms with Gasteiger partial charge in [0.2, 0.25) is 0 Å². The highest BCUT2D eigenvalue weighted by Crippen LogP contribution is 2.14. The number of nitrogens with two attached hydrogens (primary N) is 1. The van der Waals surface area contributed by atoms with Crippen LogP contribution in [0.25, 0.3) is 0 Å². The third-order valence-electron chi connectivity index (χ3n) is 1.98. The van der Waals surface area contributed by atoms with Crippen LogP contribution in [0.3, 0.4) is 0 Å². The lowest BCUT2D eigenvalue weighted by atomic mass is 10.0. The first-order valence-corrected chi connectivity index (χ1v) is 4.28. The summed E-state index contributed by atoms with van der Waals surface area (Å²) in [7, 11) is 1.50. The second kappa shape index (κ2) is 4.74. The van der Waals surface area contributed by atoms with Crippen molar-refractivity contribution in [2.75, 3.05) is 19.1 Å². The van der Waals surface area contributed by atoms with Crippen LogP contribution in [0.15, 0.2) is 18.2 Å². The van der Waals surface area contributed by atoms with Crippen molar-refractivity contribution in [1.82, 2.24) is 0 Å². The lowest BCUT2D eigenvalue weighted by Crippen LogP contribution is -2.11. The van der Waals surface area contributed by atoms with E-state index in [2.05, 4.69) is 5.43 Å². The van der Waals surface area contributed by atoms with E-state index in [9.17, 15) is 4.79 Å². The Labute approximate surface area is 83.0 Å². The summed E-state index contributed by atoms with van der Waals surface area (Å²) in [5.74, 6) is 5.21. The first kappa shape index (κ1) is 10.7. The van der Waals surface area contributed by atoms with E-state index in [1.165, 1.54) is 7.11 Å². The van der Waals surface area contributed by atoms with E-state index in [0.717, 1.165) is 11.3 Å². The van der Waals surface area contributed by atoms with Crippen molar-refractivity contribution in [2.24, 2.45) is 5.84 Å². The minimum atomic E-state index is -0.0397. The van der Waals surface area contributed by atoms with E-state index < -0.39 is 0 Å². The third-order valence-corrected chi connectivity index (χ3v) is 1.98. The van der Waals surface area contributed by atoms with Crippen molar-refractivity contribution in [3.63, 3.8) is 0 Å². The van der Waals surface area contributed by atoms with Gasteiger partial charge in [-0.3, -0.25) is 10.6 Å². The number of hydrazine groups is 1. The van der Waals surface area contributed by atoms with Crippen LogP contribution in [0, 0.1) is 6.92 Å². The van der Waals surface area contributed by atoms with Gasteiger partial charge in [0, 0.05) is 18.4 Å². The van der Waals surface area contributed by atoms with Crippen LogP contribution in [0.2, 0.25) is 0 Å². The molecule has 4 heteroatoms. The first-order valence-electron chi connectivity index (χ1n) is 4.28. The summed E-state index contributed by atoms with van der Waals surface area (Å²) in [4.78, 5) is 11.5. The van der Waals surface area contributed by atoms with Gasteiger partial charge in [-0.25, -0.2) is 0 Å². The smallest absolute Gasteiger partial charge is 0.188 e. The minimum Gasteiger partial charge on any atom is -0.377 e. The molecule has 1 aromatic carbocycles. The molecule has 4 nitrogen and oxygen atoms in total. The summed E-state index contributed by atoms with van der Waals surface area (Å²) in [5, 5.41) is 0. The van der Waals surface area contributed by atoms with Gasteiger partial charge < -0.3 is 10.2 Å². The van der Waals surface area contributed by atoms with Crippen LogP contribution in [-0.2, 0) is 4.74 Å². The quantitative estimate of drug-likeness (QED) is 0.428. The van der Waals surface area contributed by atoms with Gasteiger partial charge in [-0.2, -0.15) is 0 Å². The monoisotopic (exact) mass is 194 g/mol. The number of ether oxygens (including phenoxy) is 1. The standard InChI is InChI=1S/C10H14N2O2/c1-7-3-4-8(12-11)5-9(7)10(13)6-14-2/h3-5,12H,6,11H2,1-2H3. The van der Waals surface area contributed by atoms with Crippen LogP contribution < -0.4 is 11.3 Å². The maximum absolute atomic E-state index is 11.5. The largest absolute Gasteiger partial charge is 0.377 e. The molecule has 0 amide bonds. The molecule has 0 heterocycles. The van der Waals surface area contributed by atoms with Gasteiger partial charge in [-0.1, -0.05) is 6.07 Å². The van der Waals surface area contributed by atoms with Crippen LogP contribution in [0.5, 0.6) is 0 Å². The van der Waals surface area contributed by atoms with Crippen molar-refractivity contribution in [1.29, 1.82) is 0 Å². The number of methoxy groups -OCH3 is 1. The van der Waals surface area contributed by atoms with Crippen molar-refractivity contribution in [3.05, 3.63) is 29.3 Å². The molecular formula is C10H14N2O2. The highest BCUT2D eigenvalue weighted by Gasteiger charge is 2.08. The number of carbonyl (C=O) groups excluding carboxylic acids is 1. The topological polar surface area (TPSA) is 64.3 Å². The Kier molecular flexibility index (Phi) is 3.62. The Morgan fingerprint density at radius 3 is 2.86 bits per heavy atom. The van der Waals surface area contributed by atoms with Gasteiger partial charge in [0.1, 0.15) is 6.61 Å². The number of nitrogen functional groups attached to an aromatic ring is 1. The molecule has 0 atom stereocenters. The minimum absolute atomic E-state index is 0.0397. The molecule has 0 fully saturated rings. The second-order valence-corrected chi connectivity index (χ2v) is 3.03. The Bertz CT molecular complexity index is 337. The molecule has 76 valence electrons. The van der Waals surface area contributed by atoms with Gasteiger partial charge in [0.05, 0.1) is 0 Å². The number of hydrogen-bond donors (Lipinski definition) is 2. The third kappa shape index (κ3) is 2.31. The lowest BCUT2D eigenvalue weighted by Gasteiger charge is -2.06. The Balaban J connectivity index is 2.99. The van der Waals surface area contributed by atoms with Crippen molar-refractivity contribution in [3.8, 4) is 0 Å². The summed E-state index contributed by atoms with van der Waals surface area (Å²) in [5.41, 5.74) is 4.78. The fourth-order valence-electron chi connectivity index (χ4n) is 1.22. The molecule has 0 radical (unpaired) electrons. The van der Waals surface area contributed by atoms with Crippen LogP contribution in [-0.4, -0.2) is 19.5 Å².